The highest BCUT2D eigenvalue weighted by atomic mass is 16.1. The molecule has 4 rings (SSSR count). The van der Waals surface area contributed by atoms with Crippen LogP contribution in [0, 0.1) is 0 Å². The predicted octanol–water partition coefficient (Wildman–Crippen LogP) is 1.19. The van der Waals surface area contributed by atoms with Crippen molar-refractivity contribution in [2.24, 2.45) is 0 Å². The van der Waals surface area contributed by atoms with Crippen LogP contribution in [0.3, 0.4) is 0 Å². The van der Waals surface area contributed by atoms with Crippen molar-refractivity contribution in [2.45, 2.75) is 25.3 Å². The molecule has 0 saturated carbocycles. The molecule has 0 amide bonds. The van der Waals surface area contributed by atoms with Gasteiger partial charge in [0.1, 0.15) is 5.82 Å². The quantitative estimate of drug-likeness (QED) is 0.786. The second-order valence-electron chi connectivity index (χ2n) is 5.90. The third kappa shape index (κ3) is 2.87. The highest BCUT2D eigenvalue weighted by Gasteiger charge is 2.22. The first-order valence-corrected chi connectivity index (χ1v) is 7.85. The largest absolute Gasteiger partial charge is 0.297 e. The molecule has 7 nitrogen and oxygen atoms in total. The van der Waals surface area contributed by atoms with Crippen LogP contribution >= 0.6 is 0 Å². The first kappa shape index (κ1) is 14.1. The van der Waals surface area contributed by atoms with Gasteiger partial charge >= 0.3 is 0 Å². The van der Waals surface area contributed by atoms with Crippen LogP contribution in [0.15, 0.2) is 41.6 Å². The van der Waals surface area contributed by atoms with Gasteiger partial charge in [-0.15, -0.1) is 0 Å². The Morgan fingerprint density at radius 3 is 2.78 bits per heavy atom. The van der Waals surface area contributed by atoms with Gasteiger partial charge in [0.2, 0.25) is 0 Å². The van der Waals surface area contributed by atoms with Gasteiger partial charge in [-0.25, -0.2) is 19.5 Å². The second-order valence-corrected chi connectivity index (χ2v) is 5.90. The highest BCUT2D eigenvalue weighted by molar-refractivity contribution is 5.36. The number of aromatic amines is 1. The number of likely N-dealkylation sites (tertiary alicyclic amines) is 1. The van der Waals surface area contributed by atoms with Gasteiger partial charge in [0, 0.05) is 43.2 Å². The Morgan fingerprint density at radius 2 is 2.00 bits per heavy atom. The number of piperidine rings is 1. The number of nitrogens with zero attached hydrogens (tertiary/aromatic N) is 5. The molecule has 3 aromatic rings. The third-order valence-electron chi connectivity index (χ3n) is 4.36. The van der Waals surface area contributed by atoms with Crippen molar-refractivity contribution < 1.29 is 0 Å². The van der Waals surface area contributed by atoms with Crippen molar-refractivity contribution in [1.29, 1.82) is 0 Å². The standard InChI is InChI=1S/C16H18N6O/c23-15-10-13(20-14-2-7-19-22(14)15)11-21-8-3-12(4-9-21)16-17-5-1-6-18-16/h1-2,5-7,10,12,19H,3-4,8-9,11H2. The molecule has 0 spiro atoms. The molecular formula is C16H18N6O. The van der Waals surface area contributed by atoms with E-state index < -0.39 is 0 Å². The minimum absolute atomic E-state index is 0.0671. The lowest BCUT2D eigenvalue weighted by Crippen LogP contribution is -2.33. The summed E-state index contributed by atoms with van der Waals surface area (Å²) in [5.74, 6) is 1.37. The smallest absolute Gasteiger partial charge is 0.272 e. The first-order valence-electron chi connectivity index (χ1n) is 7.85. The third-order valence-corrected chi connectivity index (χ3v) is 4.36. The summed E-state index contributed by atoms with van der Waals surface area (Å²) in [6.07, 6.45) is 7.40. The number of nitrogens with one attached hydrogen (secondary N) is 1. The van der Waals surface area contributed by atoms with Gasteiger partial charge < -0.3 is 0 Å². The van der Waals surface area contributed by atoms with Crippen LogP contribution < -0.4 is 5.56 Å². The predicted molar refractivity (Wildman–Crippen MR) is 85.1 cm³/mol. The zero-order valence-corrected chi connectivity index (χ0v) is 12.7. The zero-order chi connectivity index (χ0) is 15.6. The van der Waals surface area contributed by atoms with Crippen LogP contribution in [0.4, 0.5) is 0 Å². The van der Waals surface area contributed by atoms with E-state index in [4.69, 9.17) is 0 Å². The van der Waals surface area contributed by atoms with E-state index in [2.05, 4.69) is 25.0 Å². The fourth-order valence-corrected chi connectivity index (χ4v) is 3.16. The summed E-state index contributed by atoms with van der Waals surface area (Å²) in [4.78, 5) is 27.6. The summed E-state index contributed by atoms with van der Waals surface area (Å²) in [6.45, 7) is 2.65. The number of fused-ring (bicyclic) bond motifs is 1. The molecule has 1 N–H and O–H groups in total. The van der Waals surface area contributed by atoms with E-state index in [0.717, 1.165) is 37.4 Å². The second kappa shape index (κ2) is 5.92. The molecule has 118 valence electrons. The van der Waals surface area contributed by atoms with Crippen LogP contribution in [-0.4, -0.2) is 42.6 Å². The maximum atomic E-state index is 12.0. The maximum Gasteiger partial charge on any atom is 0.272 e. The minimum Gasteiger partial charge on any atom is -0.297 e. The molecule has 1 aliphatic rings. The van der Waals surface area contributed by atoms with E-state index in [0.29, 0.717) is 18.1 Å². The van der Waals surface area contributed by atoms with Crippen LogP contribution in [0.1, 0.15) is 30.3 Å². The molecule has 0 bridgehead atoms. The van der Waals surface area contributed by atoms with E-state index in [9.17, 15) is 4.79 Å². The van der Waals surface area contributed by atoms with Crippen molar-refractivity contribution in [2.75, 3.05) is 13.1 Å². The summed E-state index contributed by atoms with van der Waals surface area (Å²) >= 11 is 0. The summed E-state index contributed by atoms with van der Waals surface area (Å²) in [5, 5.41) is 2.86. The van der Waals surface area contributed by atoms with Gasteiger partial charge in [0.15, 0.2) is 5.65 Å². The molecule has 1 fully saturated rings. The molecule has 23 heavy (non-hydrogen) atoms. The van der Waals surface area contributed by atoms with E-state index in [1.165, 1.54) is 4.52 Å². The van der Waals surface area contributed by atoms with Crippen molar-refractivity contribution in [1.82, 2.24) is 29.5 Å². The topological polar surface area (TPSA) is 79.2 Å². The first-order chi connectivity index (χ1) is 11.3. The molecule has 7 heteroatoms. The number of hydrogen-bond acceptors (Lipinski definition) is 5. The Kier molecular flexibility index (Phi) is 3.63. The molecular weight excluding hydrogens is 292 g/mol. The molecule has 0 atom stereocenters. The van der Waals surface area contributed by atoms with Gasteiger partial charge in [-0.1, -0.05) is 0 Å². The van der Waals surface area contributed by atoms with Gasteiger partial charge in [-0.05, 0) is 32.0 Å². The van der Waals surface area contributed by atoms with E-state index in [-0.39, 0.29) is 5.56 Å². The number of rotatable bonds is 3. The minimum atomic E-state index is -0.0671. The lowest BCUT2D eigenvalue weighted by atomic mass is 9.96. The molecule has 0 aromatic carbocycles. The zero-order valence-electron chi connectivity index (χ0n) is 12.7. The van der Waals surface area contributed by atoms with Crippen LogP contribution in [0.5, 0.6) is 0 Å². The summed E-state index contributed by atoms with van der Waals surface area (Å²) < 4.78 is 1.45. The normalized spacial score (nSPS) is 16.9. The molecule has 4 heterocycles. The molecule has 0 unspecified atom stereocenters. The number of hydrogen-bond donors (Lipinski definition) is 1. The Hall–Kier alpha value is -2.54. The van der Waals surface area contributed by atoms with E-state index in [1.54, 1.807) is 24.7 Å². The fraction of sp³-hybridized carbons (Fsp3) is 0.375. The molecule has 0 radical (unpaired) electrons. The van der Waals surface area contributed by atoms with Crippen LogP contribution in [-0.2, 0) is 6.54 Å². The average Bonchev–Trinajstić information content (AvgIpc) is 3.05. The van der Waals surface area contributed by atoms with Crippen molar-refractivity contribution in [3.05, 3.63) is 58.7 Å². The van der Waals surface area contributed by atoms with Gasteiger partial charge in [-0.2, -0.15) is 0 Å². The number of H-pyrrole nitrogens is 1. The van der Waals surface area contributed by atoms with Crippen LogP contribution in [0.2, 0.25) is 0 Å². The summed E-state index contributed by atoms with van der Waals surface area (Å²) in [6, 6.07) is 5.26. The molecule has 3 aromatic heterocycles. The SMILES string of the molecule is O=c1cc(CN2CCC(c3ncccn3)CC2)nc2cc[nH]n12. The Labute approximate surface area is 133 Å². The Bertz CT molecular complexity index is 848. The van der Waals surface area contributed by atoms with E-state index >= 15 is 0 Å². The lowest BCUT2D eigenvalue weighted by Gasteiger charge is -2.30. The van der Waals surface area contributed by atoms with Crippen molar-refractivity contribution >= 4 is 5.65 Å². The van der Waals surface area contributed by atoms with E-state index in [1.807, 2.05) is 12.1 Å². The van der Waals surface area contributed by atoms with Crippen molar-refractivity contribution in [3.63, 3.8) is 0 Å². The van der Waals surface area contributed by atoms with Gasteiger partial charge in [-0.3, -0.25) is 14.8 Å². The summed E-state index contributed by atoms with van der Waals surface area (Å²) in [7, 11) is 0. The molecule has 1 aliphatic heterocycles. The summed E-state index contributed by atoms with van der Waals surface area (Å²) in [5.41, 5.74) is 1.42. The lowest BCUT2D eigenvalue weighted by molar-refractivity contribution is 0.199. The van der Waals surface area contributed by atoms with Gasteiger partial charge in [0.25, 0.3) is 5.56 Å². The van der Waals surface area contributed by atoms with Crippen molar-refractivity contribution in [3.8, 4) is 0 Å². The Balaban J connectivity index is 1.43. The average molecular weight is 310 g/mol. The molecule has 1 saturated heterocycles. The fourth-order valence-electron chi connectivity index (χ4n) is 3.16. The van der Waals surface area contributed by atoms with Gasteiger partial charge in [0.05, 0.1) is 5.69 Å². The monoisotopic (exact) mass is 310 g/mol. The molecule has 0 aliphatic carbocycles. The van der Waals surface area contributed by atoms with Crippen LogP contribution in [0.25, 0.3) is 5.65 Å². The highest BCUT2D eigenvalue weighted by Crippen LogP contribution is 2.25. The number of aromatic nitrogens is 5. The maximum absolute atomic E-state index is 12.0. The Morgan fingerprint density at radius 1 is 1.22 bits per heavy atom.